The highest BCUT2D eigenvalue weighted by atomic mass is 16.4. The van der Waals surface area contributed by atoms with Gasteiger partial charge in [0.15, 0.2) is 0 Å². The molecule has 4 nitrogen and oxygen atoms in total. The zero-order chi connectivity index (χ0) is 17.1. The Balaban J connectivity index is 1.73. The Labute approximate surface area is 143 Å². The molecule has 0 saturated carbocycles. The quantitative estimate of drug-likeness (QED) is 0.809. The lowest BCUT2D eigenvalue weighted by molar-refractivity contribution is -0.143. The lowest BCUT2D eigenvalue weighted by Crippen LogP contribution is -2.26. The molecule has 1 aromatic heterocycles. The van der Waals surface area contributed by atoms with E-state index >= 15 is 0 Å². The third-order valence-electron chi connectivity index (χ3n) is 5.02. The van der Waals surface area contributed by atoms with Gasteiger partial charge < -0.3 is 14.8 Å². The minimum atomic E-state index is -0.680. The van der Waals surface area contributed by atoms with Crippen LogP contribution < -0.4 is 5.32 Å². The number of furan rings is 1. The smallest absolute Gasteiger partial charge is 0.306 e. The fourth-order valence-electron chi connectivity index (χ4n) is 3.79. The van der Waals surface area contributed by atoms with Crippen LogP contribution in [0.4, 0.5) is 0 Å². The molecule has 2 aromatic rings. The maximum atomic E-state index is 11.6. The first-order valence-corrected chi connectivity index (χ1v) is 8.98. The van der Waals surface area contributed by atoms with E-state index in [1.165, 1.54) is 10.9 Å². The van der Waals surface area contributed by atoms with Gasteiger partial charge in [0.2, 0.25) is 0 Å². The van der Waals surface area contributed by atoms with Gasteiger partial charge in [0.25, 0.3) is 0 Å². The van der Waals surface area contributed by atoms with Crippen molar-refractivity contribution in [3.05, 3.63) is 35.6 Å². The summed E-state index contributed by atoms with van der Waals surface area (Å²) >= 11 is 0. The van der Waals surface area contributed by atoms with Crippen LogP contribution in [0.15, 0.2) is 28.7 Å². The largest absolute Gasteiger partial charge is 0.481 e. The van der Waals surface area contributed by atoms with Gasteiger partial charge in [-0.05, 0) is 61.9 Å². The molecule has 0 radical (unpaired) electrons. The van der Waals surface area contributed by atoms with Gasteiger partial charge in [0.1, 0.15) is 11.3 Å². The zero-order valence-corrected chi connectivity index (χ0v) is 14.5. The Kier molecular flexibility index (Phi) is 5.24. The van der Waals surface area contributed by atoms with Crippen molar-refractivity contribution in [1.82, 2.24) is 5.32 Å². The molecule has 1 aromatic carbocycles. The number of carboxylic acid groups (broad SMARTS) is 1. The van der Waals surface area contributed by atoms with Crippen LogP contribution in [-0.4, -0.2) is 24.2 Å². The van der Waals surface area contributed by atoms with E-state index in [0.717, 1.165) is 37.3 Å². The van der Waals surface area contributed by atoms with Crippen molar-refractivity contribution < 1.29 is 14.3 Å². The number of aryl methyl sites for hydroxylation is 1. The van der Waals surface area contributed by atoms with Crippen molar-refractivity contribution in [3.8, 4) is 0 Å². The lowest BCUT2D eigenvalue weighted by Gasteiger charge is -2.17. The van der Waals surface area contributed by atoms with Crippen LogP contribution in [0, 0.1) is 17.8 Å². The molecule has 0 bridgehead atoms. The Morgan fingerprint density at radius 3 is 2.92 bits per heavy atom. The SMILES string of the molecule is CC(C)Cc1cccc2oc(CC[C@H](C(=O)O)[C@H]3CCNC3)cc12. The first-order chi connectivity index (χ1) is 11.5. The molecule has 1 aliphatic heterocycles. The highest BCUT2D eigenvalue weighted by Gasteiger charge is 2.30. The zero-order valence-electron chi connectivity index (χ0n) is 14.5. The van der Waals surface area contributed by atoms with Crippen LogP contribution in [-0.2, 0) is 17.6 Å². The van der Waals surface area contributed by atoms with E-state index in [9.17, 15) is 9.90 Å². The van der Waals surface area contributed by atoms with Crippen LogP contribution >= 0.6 is 0 Å². The minimum absolute atomic E-state index is 0.239. The van der Waals surface area contributed by atoms with Crippen molar-refractivity contribution in [2.75, 3.05) is 13.1 Å². The predicted octanol–water partition coefficient (Wildman–Crippen LogP) is 3.87. The number of fused-ring (bicyclic) bond motifs is 1. The molecule has 2 heterocycles. The maximum absolute atomic E-state index is 11.6. The first-order valence-electron chi connectivity index (χ1n) is 8.98. The number of rotatable bonds is 7. The predicted molar refractivity (Wildman–Crippen MR) is 95.2 cm³/mol. The molecule has 1 fully saturated rings. The summed E-state index contributed by atoms with van der Waals surface area (Å²) in [6, 6.07) is 8.31. The molecule has 4 heteroatoms. The Morgan fingerprint density at radius 2 is 2.25 bits per heavy atom. The summed E-state index contributed by atoms with van der Waals surface area (Å²) in [6.07, 6.45) is 3.31. The van der Waals surface area contributed by atoms with Gasteiger partial charge >= 0.3 is 5.97 Å². The monoisotopic (exact) mass is 329 g/mol. The second-order valence-electron chi connectivity index (χ2n) is 7.38. The molecular formula is C20H27NO3. The summed E-state index contributed by atoms with van der Waals surface area (Å²) in [6.45, 7) is 6.17. The van der Waals surface area contributed by atoms with Gasteiger partial charge in [-0.2, -0.15) is 0 Å². The molecule has 130 valence electrons. The molecule has 0 amide bonds. The summed E-state index contributed by atoms with van der Waals surface area (Å²) in [5, 5.41) is 14.0. The molecule has 1 saturated heterocycles. The van der Waals surface area contributed by atoms with E-state index in [2.05, 4.69) is 31.3 Å². The number of hydrogen-bond donors (Lipinski definition) is 2. The molecule has 1 aliphatic rings. The first kappa shape index (κ1) is 17.0. The average Bonchev–Trinajstić information content (AvgIpc) is 3.16. The molecule has 0 aliphatic carbocycles. The molecule has 2 N–H and O–H groups in total. The van der Waals surface area contributed by atoms with Gasteiger partial charge in [0, 0.05) is 11.8 Å². The Hall–Kier alpha value is -1.81. The fourth-order valence-corrected chi connectivity index (χ4v) is 3.79. The third kappa shape index (κ3) is 3.81. The van der Waals surface area contributed by atoms with Crippen LogP contribution in [0.1, 0.15) is 38.0 Å². The van der Waals surface area contributed by atoms with Crippen molar-refractivity contribution in [2.45, 2.75) is 39.5 Å². The number of hydrogen-bond acceptors (Lipinski definition) is 3. The van der Waals surface area contributed by atoms with Crippen LogP contribution in [0.5, 0.6) is 0 Å². The minimum Gasteiger partial charge on any atom is -0.481 e. The van der Waals surface area contributed by atoms with Crippen molar-refractivity contribution in [1.29, 1.82) is 0 Å². The van der Waals surface area contributed by atoms with Gasteiger partial charge in [-0.1, -0.05) is 26.0 Å². The van der Waals surface area contributed by atoms with E-state index in [0.29, 0.717) is 18.8 Å². The Bertz CT molecular complexity index is 698. The van der Waals surface area contributed by atoms with Gasteiger partial charge in [-0.15, -0.1) is 0 Å². The second kappa shape index (κ2) is 7.39. The van der Waals surface area contributed by atoms with E-state index < -0.39 is 5.97 Å². The van der Waals surface area contributed by atoms with Gasteiger partial charge in [-0.3, -0.25) is 4.79 Å². The summed E-state index contributed by atoms with van der Waals surface area (Å²) in [4.78, 5) is 11.6. The van der Waals surface area contributed by atoms with Gasteiger partial charge in [0.05, 0.1) is 5.92 Å². The molecule has 2 atom stereocenters. The molecule has 0 spiro atoms. The highest BCUT2D eigenvalue weighted by molar-refractivity contribution is 5.81. The topological polar surface area (TPSA) is 62.5 Å². The van der Waals surface area contributed by atoms with Crippen molar-refractivity contribution in [2.24, 2.45) is 17.8 Å². The van der Waals surface area contributed by atoms with Crippen LogP contribution in [0.2, 0.25) is 0 Å². The summed E-state index contributed by atoms with van der Waals surface area (Å²) in [7, 11) is 0. The second-order valence-corrected chi connectivity index (χ2v) is 7.38. The number of benzene rings is 1. The molecule has 3 rings (SSSR count). The third-order valence-corrected chi connectivity index (χ3v) is 5.02. The van der Waals surface area contributed by atoms with Crippen LogP contribution in [0.3, 0.4) is 0 Å². The van der Waals surface area contributed by atoms with Crippen molar-refractivity contribution in [3.63, 3.8) is 0 Å². The molecular weight excluding hydrogens is 302 g/mol. The standard InChI is InChI=1S/C20H27NO3/c1-13(2)10-14-4-3-5-19-18(14)11-16(24-19)6-7-17(20(22)23)15-8-9-21-12-15/h3-5,11,13,15,17,21H,6-10,12H2,1-2H3,(H,22,23)/t15-,17-/m0/s1. The number of carbonyl (C=O) groups is 1. The van der Waals surface area contributed by atoms with E-state index in [-0.39, 0.29) is 11.8 Å². The van der Waals surface area contributed by atoms with E-state index in [4.69, 9.17) is 4.42 Å². The van der Waals surface area contributed by atoms with E-state index in [1.54, 1.807) is 0 Å². The Morgan fingerprint density at radius 1 is 1.42 bits per heavy atom. The average molecular weight is 329 g/mol. The number of carboxylic acids is 1. The number of nitrogens with one attached hydrogen (secondary N) is 1. The highest BCUT2D eigenvalue weighted by Crippen LogP contribution is 2.28. The molecule has 24 heavy (non-hydrogen) atoms. The van der Waals surface area contributed by atoms with Crippen molar-refractivity contribution >= 4 is 16.9 Å². The fraction of sp³-hybridized carbons (Fsp3) is 0.550. The van der Waals surface area contributed by atoms with Gasteiger partial charge in [-0.25, -0.2) is 0 Å². The summed E-state index contributed by atoms with van der Waals surface area (Å²) in [5.41, 5.74) is 2.23. The number of aliphatic carboxylic acids is 1. The normalized spacial score (nSPS) is 19.2. The maximum Gasteiger partial charge on any atom is 0.306 e. The lowest BCUT2D eigenvalue weighted by atomic mass is 9.87. The van der Waals surface area contributed by atoms with Crippen LogP contribution in [0.25, 0.3) is 11.0 Å². The van der Waals surface area contributed by atoms with E-state index in [1.807, 2.05) is 12.1 Å². The summed E-state index contributed by atoms with van der Waals surface area (Å²) < 4.78 is 5.97. The molecule has 0 unspecified atom stereocenters. The summed E-state index contributed by atoms with van der Waals surface area (Å²) in [5.74, 6) is 0.769.